The highest BCUT2D eigenvalue weighted by molar-refractivity contribution is 7.89. The van der Waals surface area contributed by atoms with Crippen LogP contribution >= 0.6 is 0 Å². The maximum absolute atomic E-state index is 12.9. The van der Waals surface area contributed by atoms with Crippen molar-refractivity contribution in [1.82, 2.24) is 9.21 Å². The second-order valence-electron chi connectivity index (χ2n) is 6.45. The Kier molecular flexibility index (Phi) is 6.01. The fourth-order valence-electron chi connectivity index (χ4n) is 3.07. The Morgan fingerprint density at radius 3 is 2.48 bits per heavy atom. The highest BCUT2D eigenvalue weighted by Gasteiger charge is 2.34. The van der Waals surface area contributed by atoms with Crippen molar-refractivity contribution in [3.63, 3.8) is 0 Å². The van der Waals surface area contributed by atoms with E-state index >= 15 is 0 Å². The zero-order chi connectivity index (χ0) is 21.2. The Bertz CT molecular complexity index is 979. The first-order valence-electron chi connectivity index (χ1n) is 8.67. The highest BCUT2D eigenvalue weighted by Crippen LogP contribution is 2.31. The number of sulfonamides is 1. The number of carbonyl (C=O) groups is 1. The topological polar surface area (TPSA) is 80.1 Å². The van der Waals surface area contributed by atoms with Gasteiger partial charge < -0.3 is 9.15 Å². The number of nitrogens with zero attached hydrogens (tertiary/aromatic N) is 2. The number of esters is 1. The van der Waals surface area contributed by atoms with Crippen LogP contribution in [0.3, 0.4) is 0 Å². The number of alkyl halides is 3. The lowest BCUT2D eigenvalue weighted by atomic mass is 10.2. The SMILES string of the molecule is COC(=O)c1ccoc1CN1CCN(S(=O)(=O)c2cccc(C(F)(F)F)c2)CC1. The van der Waals surface area contributed by atoms with Crippen LogP contribution in [0.4, 0.5) is 13.2 Å². The second-order valence-corrected chi connectivity index (χ2v) is 8.39. The summed E-state index contributed by atoms with van der Waals surface area (Å²) in [4.78, 5) is 13.2. The standard InChI is InChI=1S/C18H19F3N2O5S/c1-27-17(24)15-5-10-28-16(15)12-22-6-8-23(9-7-22)29(25,26)14-4-2-3-13(11-14)18(19,20)21/h2-5,10-11H,6-9,12H2,1H3. The molecule has 1 aromatic carbocycles. The smallest absolute Gasteiger partial charge is 0.416 e. The second kappa shape index (κ2) is 8.17. The molecule has 0 unspecified atom stereocenters. The van der Waals surface area contributed by atoms with Gasteiger partial charge >= 0.3 is 12.1 Å². The molecule has 2 aromatic rings. The van der Waals surface area contributed by atoms with Crippen LogP contribution in [0.25, 0.3) is 0 Å². The van der Waals surface area contributed by atoms with Gasteiger partial charge in [0.25, 0.3) is 0 Å². The van der Waals surface area contributed by atoms with E-state index in [1.807, 2.05) is 4.90 Å². The molecule has 1 aromatic heterocycles. The van der Waals surface area contributed by atoms with Crippen molar-refractivity contribution in [2.45, 2.75) is 17.6 Å². The maximum atomic E-state index is 12.9. The molecule has 29 heavy (non-hydrogen) atoms. The van der Waals surface area contributed by atoms with Crippen molar-refractivity contribution in [3.8, 4) is 0 Å². The minimum atomic E-state index is -4.62. The lowest BCUT2D eigenvalue weighted by Crippen LogP contribution is -2.48. The third-order valence-electron chi connectivity index (χ3n) is 4.65. The van der Waals surface area contributed by atoms with Crippen LogP contribution in [0.15, 0.2) is 45.9 Å². The van der Waals surface area contributed by atoms with Crippen LogP contribution in [0, 0.1) is 0 Å². The summed E-state index contributed by atoms with van der Waals surface area (Å²) in [6, 6.07) is 5.21. The van der Waals surface area contributed by atoms with Gasteiger partial charge in [0.2, 0.25) is 10.0 Å². The summed E-state index contributed by atoms with van der Waals surface area (Å²) in [6.07, 6.45) is -3.25. The first kappa shape index (κ1) is 21.3. The first-order valence-corrected chi connectivity index (χ1v) is 10.1. The average molecular weight is 432 g/mol. The van der Waals surface area contributed by atoms with E-state index in [0.717, 1.165) is 22.5 Å². The van der Waals surface area contributed by atoms with Gasteiger partial charge in [0.1, 0.15) is 11.3 Å². The van der Waals surface area contributed by atoms with Crippen molar-refractivity contribution >= 4 is 16.0 Å². The molecule has 0 bridgehead atoms. The fourth-order valence-corrected chi connectivity index (χ4v) is 4.54. The highest BCUT2D eigenvalue weighted by atomic mass is 32.2. The number of halogens is 3. The van der Waals surface area contributed by atoms with Crippen molar-refractivity contribution < 1.29 is 35.5 Å². The fraction of sp³-hybridized carbons (Fsp3) is 0.389. The number of ether oxygens (including phenoxy) is 1. The summed E-state index contributed by atoms with van der Waals surface area (Å²) in [5.74, 6) is -0.120. The van der Waals surface area contributed by atoms with Crippen LogP contribution in [-0.2, 0) is 27.5 Å². The molecule has 0 amide bonds. The minimum Gasteiger partial charge on any atom is -0.467 e. The van der Waals surface area contributed by atoms with Crippen molar-refractivity contribution in [3.05, 3.63) is 53.5 Å². The summed E-state index contributed by atoms with van der Waals surface area (Å²) in [5.41, 5.74) is -0.711. The van der Waals surface area contributed by atoms with Crippen LogP contribution in [0.1, 0.15) is 21.7 Å². The predicted molar refractivity (Wildman–Crippen MR) is 95.5 cm³/mol. The van der Waals surface area contributed by atoms with E-state index in [-0.39, 0.29) is 24.5 Å². The number of furan rings is 1. The van der Waals surface area contributed by atoms with E-state index in [9.17, 15) is 26.4 Å². The molecular formula is C18H19F3N2O5S. The summed E-state index contributed by atoms with van der Waals surface area (Å²) >= 11 is 0. The van der Waals surface area contributed by atoms with Gasteiger partial charge in [-0.1, -0.05) is 6.07 Å². The summed E-state index contributed by atoms with van der Waals surface area (Å²) in [7, 11) is -2.79. The number of carbonyl (C=O) groups excluding carboxylic acids is 1. The Balaban J connectivity index is 1.68. The number of benzene rings is 1. The lowest BCUT2D eigenvalue weighted by Gasteiger charge is -2.33. The molecule has 1 aliphatic rings. The lowest BCUT2D eigenvalue weighted by molar-refractivity contribution is -0.137. The molecule has 0 spiro atoms. The molecule has 1 fully saturated rings. The van der Waals surface area contributed by atoms with E-state index in [4.69, 9.17) is 4.42 Å². The molecule has 7 nitrogen and oxygen atoms in total. The summed E-state index contributed by atoms with van der Waals surface area (Å²) in [6.45, 7) is 1.16. The Morgan fingerprint density at radius 1 is 1.17 bits per heavy atom. The summed E-state index contributed by atoms with van der Waals surface area (Å²) in [5, 5.41) is 0. The first-order chi connectivity index (χ1) is 13.6. The molecule has 1 aliphatic heterocycles. The largest absolute Gasteiger partial charge is 0.467 e. The molecule has 1 saturated heterocycles. The third kappa shape index (κ3) is 4.62. The number of hydrogen-bond acceptors (Lipinski definition) is 6. The predicted octanol–water partition coefficient (Wildman–Crippen LogP) is 2.59. The zero-order valence-corrected chi connectivity index (χ0v) is 16.3. The summed E-state index contributed by atoms with van der Waals surface area (Å²) < 4.78 is 75.3. The molecule has 0 aliphatic carbocycles. The van der Waals surface area contributed by atoms with E-state index in [0.29, 0.717) is 30.5 Å². The Morgan fingerprint density at radius 2 is 1.86 bits per heavy atom. The monoisotopic (exact) mass is 432 g/mol. The zero-order valence-electron chi connectivity index (χ0n) is 15.5. The molecule has 11 heteroatoms. The van der Waals surface area contributed by atoms with Crippen LogP contribution < -0.4 is 0 Å². The van der Waals surface area contributed by atoms with E-state index in [1.54, 1.807) is 0 Å². The van der Waals surface area contributed by atoms with Gasteiger partial charge in [-0.25, -0.2) is 13.2 Å². The number of rotatable bonds is 5. The molecule has 3 rings (SSSR count). The van der Waals surface area contributed by atoms with Gasteiger partial charge in [0, 0.05) is 26.2 Å². The van der Waals surface area contributed by atoms with Crippen molar-refractivity contribution in [1.29, 1.82) is 0 Å². The Hall–Kier alpha value is -2.37. The quantitative estimate of drug-likeness (QED) is 0.676. The van der Waals surface area contributed by atoms with Crippen LogP contribution in [0.5, 0.6) is 0 Å². The molecule has 158 valence electrons. The molecule has 2 heterocycles. The molecular weight excluding hydrogens is 413 g/mol. The Labute approximate surface area is 165 Å². The van der Waals surface area contributed by atoms with Gasteiger partial charge in [-0.2, -0.15) is 17.5 Å². The number of hydrogen-bond donors (Lipinski definition) is 0. The van der Waals surface area contributed by atoms with Crippen LogP contribution in [-0.4, -0.2) is 56.9 Å². The van der Waals surface area contributed by atoms with Crippen LogP contribution in [0.2, 0.25) is 0 Å². The van der Waals surface area contributed by atoms with Gasteiger partial charge in [-0.15, -0.1) is 0 Å². The van der Waals surface area contributed by atoms with E-state index in [2.05, 4.69) is 4.74 Å². The van der Waals surface area contributed by atoms with Gasteiger partial charge in [0.05, 0.1) is 30.4 Å². The maximum Gasteiger partial charge on any atom is 0.416 e. The normalized spacial score (nSPS) is 16.7. The number of methoxy groups -OCH3 is 1. The van der Waals surface area contributed by atoms with Crippen molar-refractivity contribution in [2.24, 2.45) is 0 Å². The van der Waals surface area contributed by atoms with Gasteiger partial charge in [-0.05, 0) is 24.3 Å². The van der Waals surface area contributed by atoms with Gasteiger partial charge in [-0.3, -0.25) is 4.90 Å². The molecule has 0 atom stereocenters. The average Bonchev–Trinajstić information content (AvgIpc) is 3.15. The third-order valence-corrected chi connectivity index (χ3v) is 6.54. The molecule has 0 saturated carbocycles. The van der Waals surface area contributed by atoms with E-state index < -0.39 is 27.7 Å². The van der Waals surface area contributed by atoms with E-state index in [1.165, 1.54) is 19.4 Å². The number of piperazine rings is 1. The van der Waals surface area contributed by atoms with Crippen molar-refractivity contribution in [2.75, 3.05) is 33.3 Å². The molecule has 0 N–H and O–H groups in total. The molecule has 0 radical (unpaired) electrons. The van der Waals surface area contributed by atoms with Gasteiger partial charge in [0.15, 0.2) is 0 Å². The minimum absolute atomic E-state index is 0.104.